The average molecular weight is 326 g/mol. The summed E-state index contributed by atoms with van der Waals surface area (Å²) in [5, 5.41) is 10.1. The maximum Gasteiger partial charge on any atom is 0.254 e. The van der Waals surface area contributed by atoms with Gasteiger partial charge < -0.3 is 10.6 Å². The molecule has 1 aliphatic carbocycles. The van der Waals surface area contributed by atoms with Crippen LogP contribution in [0.2, 0.25) is 0 Å². The Morgan fingerprint density at radius 2 is 1.88 bits per heavy atom. The van der Waals surface area contributed by atoms with Crippen LogP contribution in [0, 0.1) is 0 Å². The van der Waals surface area contributed by atoms with Crippen molar-refractivity contribution in [1.29, 1.82) is 0 Å². The van der Waals surface area contributed by atoms with Gasteiger partial charge in [-0.25, -0.2) is 4.68 Å². The van der Waals surface area contributed by atoms with Crippen molar-refractivity contribution in [1.82, 2.24) is 20.4 Å². The highest BCUT2D eigenvalue weighted by molar-refractivity contribution is 5.95. The number of carbonyl (C=O) groups is 2. The van der Waals surface area contributed by atoms with Crippen molar-refractivity contribution in [3.63, 3.8) is 0 Å². The zero-order valence-corrected chi connectivity index (χ0v) is 13.8. The Morgan fingerprint density at radius 3 is 2.54 bits per heavy atom. The van der Waals surface area contributed by atoms with E-state index in [4.69, 9.17) is 0 Å². The number of hydrogen-bond donors (Lipinski definition) is 2. The molecule has 0 saturated heterocycles. The molecule has 2 amide bonds. The number of amides is 2. The van der Waals surface area contributed by atoms with Gasteiger partial charge >= 0.3 is 0 Å². The van der Waals surface area contributed by atoms with Gasteiger partial charge in [0.2, 0.25) is 5.91 Å². The fourth-order valence-electron chi connectivity index (χ4n) is 2.71. The monoisotopic (exact) mass is 326 g/mol. The predicted molar refractivity (Wildman–Crippen MR) is 91.2 cm³/mol. The molecule has 126 valence electrons. The summed E-state index contributed by atoms with van der Waals surface area (Å²) in [4.78, 5) is 23.3. The fraction of sp³-hybridized carbons (Fsp3) is 0.389. The lowest BCUT2D eigenvalue weighted by Gasteiger charge is -2.09. The van der Waals surface area contributed by atoms with E-state index in [9.17, 15) is 9.59 Å². The molecule has 0 unspecified atom stereocenters. The van der Waals surface area contributed by atoms with E-state index >= 15 is 0 Å². The van der Waals surface area contributed by atoms with Gasteiger partial charge in [-0.05, 0) is 31.4 Å². The second-order valence-electron chi connectivity index (χ2n) is 6.06. The summed E-state index contributed by atoms with van der Waals surface area (Å²) in [6.45, 7) is 2.58. The third-order valence-electron chi connectivity index (χ3n) is 4.03. The first-order valence-corrected chi connectivity index (χ1v) is 8.33. The Bertz CT molecular complexity index is 720. The second kappa shape index (κ2) is 7.29. The first kappa shape index (κ1) is 16.2. The van der Waals surface area contributed by atoms with Gasteiger partial charge in [0.05, 0.1) is 23.1 Å². The smallest absolute Gasteiger partial charge is 0.254 e. The van der Waals surface area contributed by atoms with Gasteiger partial charge in [0.25, 0.3) is 5.91 Å². The molecular formula is C18H22N4O2. The Labute approximate surface area is 141 Å². The van der Waals surface area contributed by atoms with Crippen LogP contribution in [0.15, 0.2) is 36.5 Å². The summed E-state index contributed by atoms with van der Waals surface area (Å²) >= 11 is 0. The summed E-state index contributed by atoms with van der Waals surface area (Å²) < 4.78 is 1.88. The first-order valence-electron chi connectivity index (χ1n) is 8.33. The molecule has 24 heavy (non-hydrogen) atoms. The summed E-state index contributed by atoms with van der Waals surface area (Å²) in [5.74, 6) is 0.260. The minimum Gasteiger partial charge on any atom is -0.356 e. The maximum atomic E-state index is 12.5. The lowest BCUT2D eigenvalue weighted by Crippen LogP contribution is -2.29. The number of carbonyl (C=O) groups excluding carboxylic acids is 2. The molecule has 1 fully saturated rings. The van der Waals surface area contributed by atoms with E-state index in [1.807, 2.05) is 35.0 Å². The minimum absolute atomic E-state index is 0.0542. The third kappa shape index (κ3) is 3.82. The van der Waals surface area contributed by atoms with Crippen molar-refractivity contribution in [2.45, 2.75) is 32.1 Å². The highest BCUT2D eigenvalue weighted by Crippen LogP contribution is 2.42. The third-order valence-corrected chi connectivity index (χ3v) is 4.03. The Kier molecular flexibility index (Phi) is 4.93. The van der Waals surface area contributed by atoms with Gasteiger partial charge in [-0.15, -0.1) is 0 Å². The van der Waals surface area contributed by atoms with Crippen LogP contribution in [0.25, 0.3) is 5.69 Å². The lowest BCUT2D eigenvalue weighted by atomic mass is 10.1. The molecule has 1 saturated carbocycles. The van der Waals surface area contributed by atoms with E-state index in [2.05, 4.69) is 15.7 Å². The second-order valence-corrected chi connectivity index (χ2v) is 6.06. The lowest BCUT2D eigenvalue weighted by molar-refractivity contribution is -0.118. The molecular weight excluding hydrogens is 304 g/mol. The normalized spacial score (nSPS) is 13.5. The number of para-hydroxylation sites is 1. The number of rotatable bonds is 7. The van der Waals surface area contributed by atoms with Gasteiger partial charge in [0, 0.05) is 25.9 Å². The van der Waals surface area contributed by atoms with Gasteiger partial charge in [-0.2, -0.15) is 5.10 Å². The molecule has 0 radical (unpaired) electrons. The van der Waals surface area contributed by atoms with E-state index in [0.717, 1.165) is 24.2 Å². The Balaban J connectivity index is 1.68. The molecule has 0 spiro atoms. The molecule has 3 rings (SSSR count). The van der Waals surface area contributed by atoms with Gasteiger partial charge in [0.15, 0.2) is 0 Å². The average Bonchev–Trinajstić information content (AvgIpc) is 3.33. The van der Waals surface area contributed by atoms with Crippen molar-refractivity contribution in [2.24, 2.45) is 0 Å². The van der Waals surface area contributed by atoms with E-state index < -0.39 is 0 Å². The van der Waals surface area contributed by atoms with Crippen LogP contribution < -0.4 is 10.6 Å². The van der Waals surface area contributed by atoms with Crippen LogP contribution in [0.1, 0.15) is 48.2 Å². The van der Waals surface area contributed by atoms with E-state index in [0.29, 0.717) is 31.0 Å². The van der Waals surface area contributed by atoms with Crippen molar-refractivity contribution in [3.8, 4) is 5.69 Å². The summed E-state index contributed by atoms with van der Waals surface area (Å²) in [6.07, 6.45) is 4.56. The molecule has 1 heterocycles. The summed E-state index contributed by atoms with van der Waals surface area (Å²) in [5.41, 5.74) is 2.63. The summed E-state index contributed by atoms with van der Waals surface area (Å²) in [6, 6.07) is 9.89. The molecule has 0 atom stereocenters. The van der Waals surface area contributed by atoms with Gasteiger partial charge in [0.1, 0.15) is 0 Å². The molecule has 0 aliphatic heterocycles. The SMILES string of the molecule is CC(=O)NCCCNC(=O)c1cnn(-c2ccccc2)c1C1CC1. The number of nitrogens with zero attached hydrogens (tertiary/aromatic N) is 2. The number of aromatic nitrogens is 2. The number of benzene rings is 1. The minimum atomic E-state index is -0.0955. The quantitative estimate of drug-likeness (QED) is 0.764. The van der Waals surface area contributed by atoms with E-state index in [1.165, 1.54) is 6.92 Å². The number of nitrogens with one attached hydrogen (secondary N) is 2. The molecule has 2 aromatic rings. The topological polar surface area (TPSA) is 76.0 Å². The highest BCUT2D eigenvalue weighted by atomic mass is 16.2. The van der Waals surface area contributed by atoms with E-state index in [-0.39, 0.29) is 11.8 Å². The molecule has 1 aromatic heterocycles. The number of hydrogen-bond acceptors (Lipinski definition) is 3. The predicted octanol–water partition coefficient (Wildman–Crippen LogP) is 2.01. The maximum absolute atomic E-state index is 12.5. The Hall–Kier alpha value is -2.63. The molecule has 0 bridgehead atoms. The summed E-state index contributed by atoms with van der Waals surface area (Å²) in [7, 11) is 0. The first-order chi connectivity index (χ1) is 11.7. The van der Waals surface area contributed by atoms with Crippen LogP contribution in [-0.4, -0.2) is 34.7 Å². The zero-order valence-electron chi connectivity index (χ0n) is 13.8. The van der Waals surface area contributed by atoms with Crippen LogP contribution in [-0.2, 0) is 4.79 Å². The van der Waals surface area contributed by atoms with Crippen molar-refractivity contribution < 1.29 is 9.59 Å². The molecule has 1 aliphatic rings. The van der Waals surface area contributed by atoms with Crippen LogP contribution in [0.3, 0.4) is 0 Å². The van der Waals surface area contributed by atoms with Crippen LogP contribution >= 0.6 is 0 Å². The molecule has 1 aromatic carbocycles. The van der Waals surface area contributed by atoms with Crippen LogP contribution in [0.5, 0.6) is 0 Å². The highest BCUT2D eigenvalue weighted by Gasteiger charge is 2.32. The van der Waals surface area contributed by atoms with Crippen molar-refractivity contribution >= 4 is 11.8 Å². The Morgan fingerprint density at radius 1 is 1.17 bits per heavy atom. The van der Waals surface area contributed by atoms with E-state index in [1.54, 1.807) is 6.20 Å². The molecule has 6 nitrogen and oxygen atoms in total. The zero-order chi connectivity index (χ0) is 16.9. The van der Waals surface area contributed by atoms with Gasteiger partial charge in [-0.1, -0.05) is 18.2 Å². The fourth-order valence-corrected chi connectivity index (χ4v) is 2.71. The van der Waals surface area contributed by atoms with Crippen LogP contribution in [0.4, 0.5) is 0 Å². The standard InChI is InChI=1S/C18H22N4O2/c1-13(23)19-10-5-11-20-18(24)16-12-21-22(17(16)14-8-9-14)15-6-3-2-4-7-15/h2-4,6-7,12,14H,5,8-11H2,1H3,(H,19,23)(H,20,24). The largest absolute Gasteiger partial charge is 0.356 e. The molecule has 2 N–H and O–H groups in total. The van der Waals surface area contributed by atoms with Crippen molar-refractivity contribution in [3.05, 3.63) is 47.8 Å². The molecule has 6 heteroatoms. The van der Waals surface area contributed by atoms with Crippen molar-refractivity contribution in [2.75, 3.05) is 13.1 Å². The van der Waals surface area contributed by atoms with Gasteiger partial charge in [-0.3, -0.25) is 9.59 Å².